The van der Waals surface area contributed by atoms with Crippen LogP contribution in [0.5, 0.6) is 0 Å². The molecule has 0 spiro atoms. The van der Waals surface area contributed by atoms with Crippen LogP contribution in [0, 0.1) is 0 Å². The van der Waals surface area contributed by atoms with Crippen LogP contribution in [0.4, 0.5) is 0 Å². The summed E-state index contributed by atoms with van der Waals surface area (Å²) in [6.45, 7) is 1.97. The van der Waals surface area contributed by atoms with Crippen molar-refractivity contribution >= 4 is 27.8 Å². The van der Waals surface area contributed by atoms with Crippen LogP contribution in [-0.4, -0.2) is 17.0 Å². The van der Waals surface area contributed by atoms with Crippen LogP contribution in [0.2, 0.25) is 0 Å². The van der Waals surface area contributed by atoms with Crippen molar-refractivity contribution in [2.24, 2.45) is 0 Å². The lowest BCUT2D eigenvalue weighted by Crippen LogP contribution is -2.31. The number of allylic oxidation sites excluding steroid dienone is 1. The van der Waals surface area contributed by atoms with E-state index in [4.69, 9.17) is 5.11 Å². The van der Waals surface area contributed by atoms with Gasteiger partial charge >= 0.3 is 5.97 Å². The molecule has 4 nitrogen and oxygen atoms in total. The van der Waals surface area contributed by atoms with E-state index >= 15 is 0 Å². The molecule has 0 saturated carbocycles. The Kier molecular flexibility index (Phi) is 5.17. The van der Waals surface area contributed by atoms with E-state index in [1.807, 2.05) is 31.2 Å². The Balaban J connectivity index is 2.17. The summed E-state index contributed by atoms with van der Waals surface area (Å²) in [6.07, 6.45) is 2.60. The highest BCUT2D eigenvalue weighted by atomic mass is 79.9. The molecule has 0 radical (unpaired) electrons. The van der Waals surface area contributed by atoms with E-state index in [-0.39, 0.29) is 12.3 Å². The minimum atomic E-state index is -0.930. The average Bonchev–Trinajstić information content (AvgIpc) is 2.84. The van der Waals surface area contributed by atoms with E-state index in [2.05, 4.69) is 21.2 Å². The molecule has 1 aliphatic rings. The third kappa shape index (κ3) is 4.17. The predicted molar refractivity (Wildman–Crippen MR) is 83.8 cm³/mol. The van der Waals surface area contributed by atoms with Crippen molar-refractivity contribution in [2.45, 2.75) is 38.6 Å². The third-order valence-corrected chi connectivity index (χ3v) is 4.25. The molecule has 2 N–H and O–H groups in total. The van der Waals surface area contributed by atoms with Crippen LogP contribution in [0.15, 0.2) is 39.9 Å². The third-order valence-electron chi connectivity index (χ3n) is 3.72. The van der Waals surface area contributed by atoms with Gasteiger partial charge in [0, 0.05) is 10.0 Å². The van der Waals surface area contributed by atoms with Gasteiger partial charge in [0.15, 0.2) is 0 Å². The van der Waals surface area contributed by atoms with E-state index < -0.39 is 12.0 Å². The van der Waals surface area contributed by atoms with Crippen molar-refractivity contribution in [2.75, 3.05) is 0 Å². The van der Waals surface area contributed by atoms with Gasteiger partial charge in [0.1, 0.15) is 0 Å². The molecule has 1 aromatic rings. The molecule has 112 valence electrons. The Morgan fingerprint density at radius 3 is 2.48 bits per heavy atom. The number of benzene rings is 1. The molecule has 5 heteroatoms. The molecular weight excluding hydrogens is 334 g/mol. The fourth-order valence-electron chi connectivity index (χ4n) is 2.57. The van der Waals surface area contributed by atoms with Gasteiger partial charge in [-0.3, -0.25) is 9.59 Å². The topological polar surface area (TPSA) is 66.4 Å². The molecule has 0 bridgehead atoms. The monoisotopic (exact) mass is 351 g/mol. The maximum absolute atomic E-state index is 12.3. The van der Waals surface area contributed by atoms with Crippen LogP contribution < -0.4 is 5.32 Å². The van der Waals surface area contributed by atoms with Crippen molar-refractivity contribution in [3.05, 3.63) is 45.4 Å². The molecule has 0 aromatic heterocycles. The van der Waals surface area contributed by atoms with E-state index in [0.717, 1.165) is 40.4 Å². The van der Waals surface area contributed by atoms with Crippen LogP contribution in [-0.2, 0) is 9.59 Å². The van der Waals surface area contributed by atoms with Crippen LogP contribution >= 0.6 is 15.9 Å². The van der Waals surface area contributed by atoms with E-state index in [9.17, 15) is 9.59 Å². The van der Waals surface area contributed by atoms with Gasteiger partial charge in [-0.2, -0.15) is 0 Å². The largest absolute Gasteiger partial charge is 0.481 e. The van der Waals surface area contributed by atoms with Gasteiger partial charge in [-0.05, 0) is 43.9 Å². The lowest BCUT2D eigenvalue weighted by Gasteiger charge is -2.18. The van der Waals surface area contributed by atoms with Crippen molar-refractivity contribution in [1.82, 2.24) is 5.32 Å². The molecular formula is C16H18BrNO3. The standard InChI is InChI=1S/C16H18BrNO3/c1-10-3-2-4-13(10)16(21)18-14(9-15(19)20)11-5-7-12(17)8-6-11/h5-8,14H,2-4,9H2,1H3,(H,18,21)(H,19,20). The maximum Gasteiger partial charge on any atom is 0.305 e. The summed E-state index contributed by atoms with van der Waals surface area (Å²) in [5.74, 6) is -1.07. The zero-order valence-electron chi connectivity index (χ0n) is 11.9. The molecule has 2 rings (SSSR count). The fourth-order valence-corrected chi connectivity index (χ4v) is 2.83. The molecule has 1 aliphatic carbocycles. The number of carboxylic acid groups (broad SMARTS) is 1. The molecule has 21 heavy (non-hydrogen) atoms. The van der Waals surface area contributed by atoms with Gasteiger partial charge in [-0.15, -0.1) is 0 Å². The summed E-state index contributed by atoms with van der Waals surface area (Å²) in [4.78, 5) is 23.4. The second-order valence-corrected chi connectivity index (χ2v) is 6.20. The first-order valence-corrected chi connectivity index (χ1v) is 7.73. The van der Waals surface area contributed by atoms with Crippen LogP contribution in [0.1, 0.15) is 44.2 Å². The van der Waals surface area contributed by atoms with Crippen molar-refractivity contribution in [1.29, 1.82) is 0 Å². The zero-order chi connectivity index (χ0) is 15.4. The average molecular weight is 352 g/mol. The van der Waals surface area contributed by atoms with E-state index in [1.165, 1.54) is 0 Å². The highest BCUT2D eigenvalue weighted by Crippen LogP contribution is 2.27. The minimum Gasteiger partial charge on any atom is -0.481 e. The number of nitrogens with one attached hydrogen (secondary N) is 1. The Bertz CT molecular complexity index is 578. The Hall–Kier alpha value is -1.62. The Morgan fingerprint density at radius 1 is 1.29 bits per heavy atom. The number of amides is 1. The van der Waals surface area contributed by atoms with Gasteiger partial charge in [-0.1, -0.05) is 33.6 Å². The summed E-state index contributed by atoms with van der Waals surface area (Å²) < 4.78 is 0.918. The number of halogens is 1. The molecule has 0 saturated heterocycles. The van der Waals surface area contributed by atoms with Gasteiger partial charge in [0.2, 0.25) is 5.91 Å². The second kappa shape index (κ2) is 6.89. The van der Waals surface area contributed by atoms with Gasteiger partial charge < -0.3 is 10.4 Å². The van der Waals surface area contributed by atoms with E-state index in [1.54, 1.807) is 0 Å². The number of rotatable bonds is 5. The molecule has 1 unspecified atom stereocenters. The zero-order valence-corrected chi connectivity index (χ0v) is 13.4. The van der Waals surface area contributed by atoms with Gasteiger partial charge in [-0.25, -0.2) is 0 Å². The fraction of sp³-hybridized carbons (Fsp3) is 0.375. The summed E-state index contributed by atoms with van der Waals surface area (Å²) in [5, 5.41) is 11.9. The normalized spacial score (nSPS) is 15.9. The molecule has 1 amide bonds. The lowest BCUT2D eigenvalue weighted by atomic mass is 10.0. The summed E-state index contributed by atoms with van der Waals surface area (Å²) in [5.41, 5.74) is 2.71. The number of carboxylic acids is 1. The summed E-state index contributed by atoms with van der Waals surface area (Å²) in [6, 6.07) is 6.83. The first-order chi connectivity index (χ1) is 9.97. The summed E-state index contributed by atoms with van der Waals surface area (Å²) in [7, 11) is 0. The SMILES string of the molecule is CC1=C(C(=O)NC(CC(=O)O)c2ccc(Br)cc2)CCC1. The molecule has 1 atom stereocenters. The molecule has 0 fully saturated rings. The van der Waals surface area contributed by atoms with Crippen LogP contribution in [0.25, 0.3) is 0 Å². The first-order valence-electron chi connectivity index (χ1n) is 6.94. The number of carbonyl (C=O) groups excluding carboxylic acids is 1. The molecule has 0 heterocycles. The van der Waals surface area contributed by atoms with E-state index in [0.29, 0.717) is 0 Å². The highest BCUT2D eigenvalue weighted by molar-refractivity contribution is 9.10. The number of aliphatic carboxylic acids is 1. The number of carbonyl (C=O) groups is 2. The number of hydrogen-bond donors (Lipinski definition) is 2. The Labute approximate surface area is 132 Å². The van der Waals surface area contributed by atoms with Gasteiger partial charge in [0.25, 0.3) is 0 Å². The smallest absolute Gasteiger partial charge is 0.305 e. The van der Waals surface area contributed by atoms with Crippen LogP contribution in [0.3, 0.4) is 0 Å². The Morgan fingerprint density at radius 2 is 1.95 bits per heavy atom. The first kappa shape index (κ1) is 15.8. The quantitative estimate of drug-likeness (QED) is 0.851. The predicted octanol–water partition coefficient (Wildman–Crippen LogP) is 3.58. The van der Waals surface area contributed by atoms with Crippen molar-refractivity contribution < 1.29 is 14.7 Å². The van der Waals surface area contributed by atoms with Gasteiger partial charge in [0.05, 0.1) is 12.5 Å². The molecule has 0 aliphatic heterocycles. The minimum absolute atomic E-state index is 0.125. The highest BCUT2D eigenvalue weighted by Gasteiger charge is 2.23. The second-order valence-electron chi connectivity index (χ2n) is 5.29. The maximum atomic E-state index is 12.3. The van der Waals surface area contributed by atoms with Crippen molar-refractivity contribution in [3.63, 3.8) is 0 Å². The number of hydrogen-bond acceptors (Lipinski definition) is 2. The summed E-state index contributed by atoms with van der Waals surface area (Å²) >= 11 is 3.35. The lowest BCUT2D eigenvalue weighted by molar-refractivity contribution is -0.137. The molecule has 1 aromatic carbocycles. The van der Waals surface area contributed by atoms with Crippen molar-refractivity contribution in [3.8, 4) is 0 Å².